The molecule has 0 saturated heterocycles. The Labute approximate surface area is 116 Å². The van der Waals surface area contributed by atoms with Gasteiger partial charge in [-0.3, -0.25) is 0 Å². The molecule has 0 radical (unpaired) electrons. The van der Waals surface area contributed by atoms with E-state index in [1.54, 1.807) is 6.92 Å². The highest BCUT2D eigenvalue weighted by Crippen LogP contribution is 2.14. The molecular weight excluding hydrogens is 270 g/mol. The van der Waals surface area contributed by atoms with E-state index in [0.29, 0.717) is 6.54 Å². The molecule has 0 heterocycles. The fourth-order valence-electron chi connectivity index (χ4n) is 1.53. The van der Waals surface area contributed by atoms with Gasteiger partial charge in [-0.25, -0.2) is 13.6 Å². The minimum absolute atomic E-state index is 0.105. The van der Waals surface area contributed by atoms with Crippen LogP contribution in [0.25, 0.3) is 0 Å². The quantitative estimate of drug-likeness (QED) is 0.745. The maximum Gasteiger partial charge on any atom is 0.317 e. The van der Waals surface area contributed by atoms with Gasteiger partial charge in [0.25, 0.3) is 0 Å². The van der Waals surface area contributed by atoms with E-state index in [1.165, 1.54) is 11.0 Å². The number of aliphatic hydroxyl groups is 1. The molecular formula is C13H18F2N2O3. The van der Waals surface area contributed by atoms with E-state index < -0.39 is 11.6 Å². The monoisotopic (exact) mass is 288 g/mol. The highest BCUT2D eigenvalue weighted by molar-refractivity contribution is 5.74. The summed E-state index contributed by atoms with van der Waals surface area (Å²) in [6, 6.07) is 2.92. The Morgan fingerprint density at radius 2 is 2.15 bits per heavy atom. The van der Waals surface area contributed by atoms with E-state index in [-0.39, 0.29) is 38.1 Å². The van der Waals surface area contributed by atoms with Crippen LogP contribution in [-0.2, 0) is 0 Å². The molecule has 7 heteroatoms. The zero-order chi connectivity index (χ0) is 15.0. The summed E-state index contributed by atoms with van der Waals surface area (Å²) in [5, 5.41) is 11.4. The minimum Gasteiger partial charge on any atom is -0.492 e. The summed E-state index contributed by atoms with van der Waals surface area (Å²) in [6.07, 6.45) is 0. The zero-order valence-corrected chi connectivity index (χ0v) is 11.2. The van der Waals surface area contributed by atoms with Gasteiger partial charge < -0.3 is 20.1 Å². The maximum atomic E-state index is 12.9. The number of urea groups is 1. The topological polar surface area (TPSA) is 61.8 Å². The fourth-order valence-corrected chi connectivity index (χ4v) is 1.53. The van der Waals surface area contributed by atoms with Crippen molar-refractivity contribution >= 4 is 6.03 Å². The molecule has 20 heavy (non-hydrogen) atoms. The number of benzene rings is 1. The SMILES string of the molecule is CCN(CCO)C(=O)NCCOc1ccc(F)c(F)c1. The van der Waals surface area contributed by atoms with Crippen molar-refractivity contribution in [3.05, 3.63) is 29.8 Å². The van der Waals surface area contributed by atoms with Crippen molar-refractivity contribution in [3.8, 4) is 5.75 Å². The molecule has 1 rings (SSSR count). The summed E-state index contributed by atoms with van der Waals surface area (Å²) in [5.41, 5.74) is 0. The highest BCUT2D eigenvalue weighted by atomic mass is 19.2. The van der Waals surface area contributed by atoms with Gasteiger partial charge in [0.1, 0.15) is 12.4 Å². The van der Waals surface area contributed by atoms with Crippen LogP contribution in [0.15, 0.2) is 18.2 Å². The number of hydrogen-bond donors (Lipinski definition) is 2. The molecule has 0 aromatic heterocycles. The van der Waals surface area contributed by atoms with Crippen LogP contribution in [0.2, 0.25) is 0 Å². The van der Waals surface area contributed by atoms with E-state index in [2.05, 4.69) is 5.32 Å². The Morgan fingerprint density at radius 3 is 2.75 bits per heavy atom. The number of halogens is 2. The summed E-state index contributed by atoms with van der Waals surface area (Å²) in [4.78, 5) is 13.1. The van der Waals surface area contributed by atoms with Crippen LogP contribution in [0.5, 0.6) is 5.75 Å². The van der Waals surface area contributed by atoms with Crippen molar-refractivity contribution in [2.24, 2.45) is 0 Å². The van der Waals surface area contributed by atoms with Gasteiger partial charge >= 0.3 is 6.03 Å². The molecule has 5 nitrogen and oxygen atoms in total. The van der Waals surface area contributed by atoms with Gasteiger partial charge in [0.05, 0.1) is 13.2 Å². The van der Waals surface area contributed by atoms with E-state index in [4.69, 9.17) is 9.84 Å². The van der Waals surface area contributed by atoms with Crippen molar-refractivity contribution in [1.82, 2.24) is 10.2 Å². The lowest BCUT2D eigenvalue weighted by Crippen LogP contribution is -2.42. The number of nitrogens with zero attached hydrogens (tertiary/aromatic N) is 1. The third-order valence-corrected chi connectivity index (χ3v) is 2.58. The van der Waals surface area contributed by atoms with Crippen molar-refractivity contribution < 1.29 is 23.4 Å². The van der Waals surface area contributed by atoms with Crippen LogP contribution < -0.4 is 10.1 Å². The average molecular weight is 288 g/mol. The number of ether oxygens (including phenoxy) is 1. The maximum absolute atomic E-state index is 12.9. The number of rotatable bonds is 7. The second-order valence-electron chi connectivity index (χ2n) is 3.96. The van der Waals surface area contributed by atoms with Crippen LogP contribution in [0, 0.1) is 11.6 Å². The number of hydrogen-bond acceptors (Lipinski definition) is 3. The number of nitrogens with one attached hydrogen (secondary N) is 1. The van der Waals surface area contributed by atoms with Crippen LogP contribution in [0.1, 0.15) is 6.92 Å². The van der Waals surface area contributed by atoms with Crippen molar-refractivity contribution in [2.75, 3.05) is 32.8 Å². The molecule has 0 bridgehead atoms. The van der Waals surface area contributed by atoms with Gasteiger partial charge in [0.2, 0.25) is 0 Å². The Morgan fingerprint density at radius 1 is 1.40 bits per heavy atom. The first-order chi connectivity index (χ1) is 9.58. The standard InChI is InChI=1S/C13H18F2N2O3/c1-2-17(6-7-18)13(19)16-5-8-20-10-3-4-11(14)12(15)9-10/h3-4,9,18H,2,5-8H2,1H3,(H,16,19). The molecule has 2 N–H and O–H groups in total. The Hall–Kier alpha value is -1.89. The second-order valence-corrected chi connectivity index (χ2v) is 3.96. The van der Waals surface area contributed by atoms with Crippen molar-refractivity contribution in [3.63, 3.8) is 0 Å². The van der Waals surface area contributed by atoms with E-state index in [9.17, 15) is 13.6 Å². The second kappa shape index (κ2) is 8.31. The highest BCUT2D eigenvalue weighted by Gasteiger charge is 2.09. The van der Waals surface area contributed by atoms with E-state index in [0.717, 1.165) is 12.1 Å². The number of amides is 2. The fraction of sp³-hybridized carbons (Fsp3) is 0.462. The zero-order valence-electron chi connectivity index (χ0n) is 11.2. The third-order valence-electron chi connectivity index (χ3n) is 2.58. The smallest absolute Gasteiger partial charge is 0.317 e. The molecule has 1 aromatic carbocycles. The predicted octanol–water partition coefficient (Wildman–Crippen LogP) is 1.37. The predicted molar refractivity (Wildman–Crippen MR) is 69.6 cm³/mol. The Balaban J connectivity index is 2.30. The summed E-state index contributed by atoms with van der Waals surface area (Å²) in [5.74, 6) is -1.72. The summed E-state index contributed by atoms with van der Waals surface area (Å²) in [6.45, 7) is 2.79. The van der Waals surface area contributed by atoms with Gasteiger partial charge in [-0.15, -0.1) is 0 Å². The lowest BCUT2D eigenvalue weighted by Gasteiger charge is -2.20. The number of carbonyl (C=O) groups is 1. The molecule has 0 aliphatic rings. The van der Waals surface area contributed by atoms with Crippen LogP contribution in [0.4, 0.5) is 13.6 Å². The summed E-state index contributed by atoms with van der Waals surface area (Å²) < 4.78 is 30.8. The molecule has 112 valence electrons. The average Bonchev–Trinajstić information content (AvgIpc) is 2.44. The lowest BCUT2D eigenvalue weighted by atomic mass is 10.3. The van der Waals surface area contributed by atoms with Crippen LogP contribution in [-0.4, -0.2) is 48.9 Å². The van der Waals surface area contributed by atoms with Crippen LogP contribution >= 0.6 is 0 Å². The Bertz CT molecular complexity index is 444. The molecule has 2 amide bonds. The number of likely N-dealkylation sites (N-methyl/N-ethyl adjacent to an activating group) is 1. The Kier molecular flexibility index (Phi) is 6.72. The largest absolute Gasteiger partial charge is 0.492 e. The van der Waals surface area contributed by atoms with Crippen molar-refractivity contribution in [2.45, 2.75) is 6.92 Å². The van der Waals surface area contributed by atoms with Gasteiger partial charge in [-0.2, -0.15) is 0 Å². The van der Waals surface area contributed by atoms with E-state index >= 15 is 0 Å². The first-order valence-corrected chi connectivity index (χ1v) is 6.30. The molecule has 0 atom stereocenters. The van der Waals surface area contributed by atoms with Gasteiger partial charge in [0.15, 0.2) is 11.6 Å². The molecule has 0 fully saturated rings. The van der Waals surface area contributed by atoms with Gasteiger partial charge in [0, 0.05) is 19.2 Å². The van der Waals surface area contributed by atoms with Gasteiger partial charge in [-0.05, 0) is 19.1 Å². The molecule has 0 aliphatic carbocycles. The first kappa shape index (κ1) is 16.2. The minimum atomic E-state index is -0.980. The first-order valence-electron chi connectivity index (χ1n) is 6.30. The molecule has 0 spiro atoms. The summed E-state index contributed by atoms with van der Waals surface area (Å²) >= 11 is 0. The lowest BCUT2D eigenvalue weighted by molar-refractivity contribution is 0.178. The summed E-state index contributed by atoms with van der Waals surface area (Å²) in [7, 11) is 0. The molecule has 0 unspecified atom stereocenters. The number of carbonyl (C=O) groups excluding carboxylic acids is 1. The van der Waals surface area contributed by atoms with E-state index in [1.807, 2.05) is 0 Å². The van der Waals surface area contributed by atoms with Gasteiger partial charge in [-0.1, -0.05) is 0 Å². The van der Waals surface area contributed by atoms with Crippen molar-refractivity contribution in [1.29, 1.82) is 0 Å². The normalized spacial score (nSPS) is 10.2. The molecule has 0 aliphatic heterocycles. The molecule has 1 aromatic rings. The van der Waals surface area contributed by atoms with Crippen LogP contribution in [0.3, 0.4) is 0 Å². The molecule has 0 saturated carbocycles. The number of aliphatic hydroxyl groups excluding tert-OH is 1. The third kappa shape index (κ3) is 5.00.